The molecule has 0 unspecified atom stereocenters. The fourth-order valence-electron chi connectivity index (χ4n) is 2.31. The topological polar surface area (TPSA) is 38.7 Å². The van der Waals surface area contributed by atoms with Gasteiger partial charge in [-0.15, -0.1) is 6.58 Å². The van der Waals surface area contributed by atoms with Crippen LogP contribution in [0.25, 0.3) is 0 Å². The van der Waals surface area contributed by atoms with Gasteiger partial charge in [-0.05, 0) is 26.2 Å². The first-order valence-corrected chi connectivity index (χ1v) is 6.32. The highest BCUT2D eigenvalue weighted by Gasteiger charge is 2.47. The zero-order valence-electron chi connectivity index (χ0n) is 11.7. The summed E-state index contributed by atoms with van der Waals surface area (Å²) in [5.41, 5.74) is -0.124. The number of ether oxygens (including phenoxy) is 2. The van der Waals surface area contributed by atoms with Crippen LogP contribution in [0, 0.1) is 11.3 Å². The second kappa shape index (κ2) is 5.09. The molecule has 1 heterocycles. The molecule has 1 aliphatic heterocycles. The van der Waals surface area contributed by atoms with Gasteiger partial charge in [-0.25, -0.2) is 0 Å². The molecule has 0 aromatic carbocycles. The van der Waals surface area contributed by atoms with Crippen molar-refractivity contribution >= 4 is 0 Å². The third kappa shape index (κ3) is 3.30. The Bertz CT molecular complexity index is 271. The van der Waals surface area contributed by atoms with E-state index in [9.17, 15) is 5.11 Å². The van der Waals surface area contributed by atoms with Crippen LogP contribution in [0.15, 0.2) is 12.7 Å². The molecule has 0 spiro atoms. The molecule has 0 amide bonds. The van der Waals surface area contributed by atoms with E-state index >= 15 is 0 Å². The largest absolute Gasteiger partial charge is 0.396 e. The summed E-state index contributed by atoms with van der Waals surface area (Å²) in [7, 11) is 0. The first-order chi connectivity index (χ1) is 7.73. The number of hydrogen-bond acceptors (Lipinski definition) is 3. The van der Waals surface area contributed by atoms with Crippen molar-refractivity contribution < 1.29 is 14.6 Å². The minimum Gasteiger partial charge on any atom is -0.396 e. The van der Waals surface area contributed by atoms with E-state index in [4.69, 9.17) is 9.47 Å². The van der Waals surface area contributed by atoms with E-state index < -0.39 is 5.79 Å². The van der Waals surface area contributed by atoms with Crippen LogP contribution < -0.4 is 0 Å². The van der Waals surface area contributed by atoms with Crippen LogP contribution >= 0.6 is 0 Å². The van der Waals surface area contributed by atoms with Gasteiger partial charge in [-0.2, -0.15) is 0 Å². The number of aliphatic hydroxyl groups is 1. The molecular formula is C14H26O3. The zero-order valence-corrected chi connectivity index (χ0v) is 11.7. The fraction of sp³-hybridized carbons (Fsp3) is 0.857. The standard InChI is InChI=1S/C14H26O3/c1-7-11-13(3,4)12(8-10(2)9-15)17-14(5,6)16-11/h7,10-12,15H,1,8-9H2,2-6H3/t10-,11-,12-/m0/s1. The van der Waals surface area contributed by atoms with Gasteiger partial charge >= 0.3 is 0 Å². The molecule has 0 aromatic rings. The van der Waals surface area contributed by atoms with Gasteiger partial charge in [0.05, 0.1) is 12.2 Å². The van der Waals surface area contributed by atoms with Crippen molar-refractivity contribution in [1.29, 1.82) is 0 Å². The number of rotatable bonds is 4. The number of hydrogen-bond donors (Lipinski definition) is 1. The quantitative estimate of drug-likeness (QED) is 0.770. The van der Waals surface area contributed by atoms with Crippen LogP contribution in [0.1, 0.15) is 41.0 Å². The molecule has 1 N–H and O–H groups in total. The van der Waals surface area contributed by atoms with Crippen molar-refractivity contribution in [2.45, 2.75) is 59.0 Å². The highest BCUT2D eigenvalue weighted by atomic mass is 16.7. The van der Waals surface area contributed by atoms with Gasteiger partial charge in [0.25, 0.3) is 0 Å². The van der Waals surface area contributed by atoms with Crippen molar-refractivity contribution in [3.63, 3.8) is 0 Å². The van der Waals surface area contributed by atoms with E-state index in [1.807, 2.05) is 26.8 Å². The third-order valence-corrected chi connectivity index (χ3v) is 3.54. The number of aliphatic hydroxyl groups excluding tert-OH is 1. The summed E-state index contributed by atoms with van der Waals surface area (Å²) in [5.74, 6) is -0.354. The van der Waals surface area contributed by atoms with Gasteiger partial charge in [-0.1, -0.05) is 26.8 Å². The lowest BCUT2D eigenvalue weighted by atomic mass is 9.76. The average molecular weight is 242 g/mol. The van der Waals surface area contributed by atoms with Crippen molar-refractivity contribution in [2.75, 3.05) is 6.61 Å². The summed E-state index contributed by atoms with van der Waals surface area (Å²) in [6.07, 6.45) is 2.72. The lowest BCUT2D eigenvalue weighted by molar-refractivity contribution is -0.334. The monoisotopic (exact) mass is 242 g/mol. The molecule has 0 saturated carbocycles. The molecule has 1 aliphatic rings. The molecule has 1 fully saturated rings. The van der Waals surface area contributed by atoms with Gasteiger partial charge in [-0.3, -0.25) is 0 Å². The normalized spacial score (nSPS) is 33.1. The smallest absolute Gasteiger partial charge is 0.163 e. The highest BCUT2D eigenvalue weighted by Crippen LogP contribution is 2.42. The van der Waals surface area contributed by atoms with Gasteiger partial charge in [0.1, 0.15) is 0 Å². The molecule has 17 heavy (non-hydrogen) atoms. The summed E-state index contributed by atoms with van der Waals surface area (Å²) in [6.45, 7) is 14.2. The van der Waals surface area contributed by atoms with E-state index in [-0.39, 0.29) is 30.1 Å². The first-order valence-electron chi connectivity index (χ1n) is 6.32. The molecule has 1 rings (SSSR count). The molecule has 100 valence electrons. The molecule has 0 aliphatic carbocycles. The van der Waals surface area contributed by atoms with Gasteiger partial charge in [0.2, 0.25) is 0 Å². The minimum absolute atomic E-state index is 0.0258. The Kier molecular flexibility index (Phi) is 4.39. The van der Waals surface area contributed by atoms with Crippen LogP contribution in [0.3, 0.4) is 0 Å². The van der Waals surface area contributed by atoms with Gasteiger partial charge in [0, 0.05) is 12.0 Å². The third-order valence-electron chi connectivity index (χ3n) is 3.54. The molecular weight excluding hydrogens is 216 g/mol. The SMILES string of the molecule is C=C[C@@H]1OC(C)(C)O[C@@H](C[C@H](C)CO)C1(C)C. The zero-order chi connectivity index (χ0) is 13.3. The predicted octanol–water partition coefficient (Wildman–Crippen LogP) is 2.74. The summed E-state index contributed by atoms with van der Waals surface area (Å²) in [6, 6.07) is 0. The molecule has 0 radical (unpaired) electrons. The predicted molar refractivity (Wildman–Crippen MR) is 68.7 cm³/mol. The van der Waals surface area contributed by atoms with Crippen LogP contribution in [0.5, 0.6) is 0 Å². The fourth-order valence-corrected chi connectivity index (χ4v) is 2.31. The van der Waals surface area contributed by atoms with E-state index in [1.54, 1.807) is 0 Å². The van der Waals surface area contributed by atoms with Crippen molar-refractivity contribution in [2.24, 2.45) is 11.3 Å². The first kappa shape index (κ1) is 14.7. The van der Waals surface area contributed by atoms with Crippen LogP contribution in [-0.2, 0) is 9.47 Å². The van der Waals surface area contributed by atoms with E-state index in [0.29, 0.717) is 0 Å². The molecule has 3 nitrogen and oxygen atoms in total. The Morgan fingerprint density at radius 2 is 1.88 bits per heavy atom. The van der Waals surface area contributed by atoms with E-state index in [0.717, 1.165) is 6.42 Å². The maximum atomic E-state index is 9.18. The maximum Gasteiger partial charge on any atom is 0.163 e. The second-order valence-electron chi connectivity index (χ2n) is 6.13. The highest BCUT2D eigenvalue weighted by molar-refractivity contribution is 5.00. The summed E-state index contributed by atoms with van der Waals surface area (Å²) < 4.78 is 11.9. The Hall–Kier alpha value is -0.380. The van der Waals surface area contributed by atoms with Crippen LogP contribution in [0.2, 0.25) is 0 Å². The summed E-state index contributed by atoms with van der Waals surface area (Å²) in [5, 5.41) is 9.18. The second-order valence-corrected chi connectivity index (χ2v) is 6.13. The van der Waals surface area contributed by atoms with E-state index in [2.05, 4.69) is 20.4 Å². The Morgan fingerprint density at radius 3 is 2.35 bits per heavy atom. The maximum absolute atomic E-state index is 9.18. The molecule has 0 aromatic heterocycles. The molecule has 1 saturated heterocycles. The minimum atomic E-state index is -0.589. The Morgan fingerprint density at radius 1 is 1.29 bits per heavy atom. The summed E-state index contributed by atoms with van der Waals surface area (Å²) >= 11 is 0. The van der Waals surface area contributed by atoms with Crippen LogP contribution in [0.4, 0.5) is 0 Å². The Balaban J connectivity index is 2.87. The van der Waals surface area contributed by atoms with Crippen molar-refractivity contribution in [3.8, 4) is 0 Å². The van der Waals surface area contributed by atoms with Crippen LogP contribution in [-0.4, -0.2) is 29.7 Å². The molecule has 0 bridgehead atoms. The van der Waals surface area contributed by atoms with Gasteiger partial charge in [0.15, 0.2) is 5.79 Å². The van der Waals surface area contributed by atoms with E-state index in [1.165, 1.54) is 0 Å². The van der Waals surface area contributed by atoms with Gasteiger partial charge < -0.3 is 14.6 Å². The van der Waals surface area contributed by atoms with Crippen molar-refractivity contribution in [3.05, 3.63) is 12.7 Å². The molecule has 3 heteroatoms. The average Bonchev–Trinajstić information content (AvgIpc) is 2.22. The lowest BCUT2D eigenvalue weighted by Gasteiger charge is -2.50. The molecule has 3 atom stereocenters. The Labute approximate surface area is 105 Å². The lowest BCUT2D eigenvalue weighted by Crippen LogP contribution is -2.55. The summed E-state index contributed by atoms with van der Waals surface area (Å²) in [4.78, 5) is 0. The van der Waals surface area contributed by atoms with Crippen molar-refractivity contribution in [1.82, 2.24) is 0 Å².